The summed E-state index contributed by atoms with van der Waals surface area (Å²) in [4.78, 5) is 24.7. The average molecular weight is 1190 g/mol. The van der Waals surface area contributed by atoms with Crippen LogP contribution < -0.4 is 5.32 Å². The molecule has 0 rings (SSSR count). The molecule has 6 nitrogen and oxygen atoms in total. The molecule has 6 heteroatoms. The van der Waals surface area contributed by atoms with Crippen molar-refractivity contribution in [3.05, 3.63) is 12.2 Å². The minimum Gasteiger partial charge on any atom is -0.466 e. The molecule has 0 radical (unpaired) electrons. The SMILES string of the molecule is CCCCCCCCCCCCCCCCCC/C=C/C(O)C(CO)NC(=O)CCCCCCCCCCCCCCCCCCCCCCCCCCCCCCCCOC(=O)CCCCCCCCCCCCCCCCCCCCC. The first-order valence-electron chi connectivity index (χ1n) is 39.0. The molecule has 3 N–H and O–H groups in total. The second-order valence-electron chi connectivity index (χ2n) is 27.1. The van der Waals surface area contributed by atoms with Crippen LogP contribution in [0.15, 0.2) is 12.2 Å². The Labute approximate surface area is 527 Å². The van der Waals surface area contributed by atoms with E-state index in [0.29, 0.717) is 19.4 Å². The van der Waals surface area contributed by atoms with Crippen LogP contribution in [0.1, 0.15) is 450 Å². The number of unbranched alkanes of at least 4 members (excludes halogenated alkanes) is 63. The molecule has 500 valence electrons. The van der Waals surface area contributed by atoms with Gasteiger partial charge in [-0.25, -0.2) is 0 Å². The first-order chi connectivity index (χ1) is 41.5. The second kappa shape index (κ2) is 74.1. The van der Waals surface area contributed by atoms with E-state index in [1.165, 1.54) is 385 Å². The number of carbonyl (C=O) groups is 2. The number of amides is 1. The van der Waals surface area contributed by atoms with E-state index in [1.54, 1.807) is 6.08 Å². The van der Waals surface area contributed by atoms with Gasteiger partial charge in [-0.05, 0) is 32.1 Å². The Balaban J connectivity index is 3.32. The maximum absolute atomic E-state index is 12.5. The summed E-state index contributed by atoms with van der Waals surface area (Å²) < 4.78 is 5.52. The van der Waals surface area contributed by atoms with E-state index in [2.05, 4.69) is 19.2 Å². The predicted octanol–water partition coefficient (Wildman–Crippen LogP) is 25.5. The highest BCUT2D eigenvalue weighted by molar-refractivity contribution is 5.76. The Morgan fingerprint density at radius 3 is 0.810 bits per heavy atom. The molecule has 0 spiro atoms. The Morgan fingerprint density at radius 2 is 0.548 bits per heavy atom. The van der Waals surface area contributed by atoms with E-state index in [-0.39, 0.29) is 18.5 Å². The molecule has 0 bridgehead atoms. The fraction of sp³-hybridized carbons (Fsp3) is 0.949. The van der Waals surface area contributed by atoms with Crippen LogP contribution >= 0.6 is 0 Å². The Bertz CT molecular complexity index is 1270. The van der Waals surface area contributed by atoms with Gasteiger partial charge < -0.3 is 20.3 Å². The number of aliphatic hydroxyl groups excluding tert-OH is 2. The van der Waals surface area contributed by atoms with Gasteiger partial charge in [-0.1, -0.05) is 418 Å². The van der Waals surface area contributed by atoms with Gasteiger partial charge in [-0.3, -0.25) is 9.59 Å². The molecule has 2 atom stereocenters. The fourth-order valence-corrected chi connectivity index (χ4v) is 12.6. The normalized spacial score (nSPS) is 12.5. The standard InChI is InChI=1S/C78H153NO5/c1-3-5-7-9-11-13-15-17-19-21-35-40-44-48-52-56-60-64-68-72-78(83)84-73-69-65-61-57-53-49-45-41-37-34-32-30-28-26-24-23-25-27-29-31-33-36-39-43-47-51-55-59-63-67-71-77(82)79-75(74-80)76(81)70-66-62-58-54-50-46-42-38-22-20-18-16-14-12-10-8-6-4-2/h66,70,75-76,80-81H,3-65,67-69,71-74H2,1-2H3,(H,79,82)/b70-66+. The lowest BCUT2D eigenvalue weighted by Gasteiger charge is -2.20. The number of esters is 1. The number of ether oxygens (including phenoxy) is 1. The number of hydrogen-bond acceptors (Lipinski definition) is 5. The van der Waals surface area contributed by atoms with Crippen LogP contribution in [-0.2, 0) is 14.3 Å². The van der Waals surface area contributed by atoms with Crippen LogP contribution in [0.2, 0.25) is 0 Å². The maximum atomic E-state index is 12.5. The number of rotatable bonds is 74. The Hall–Kier alpha value is -1.40. The van der Waals surface area contributed by atoms with Gasteiger partial charge in [0.1, 0.15) is 0 Å². The van der Waals surface area contributed by atoms with Gasteiger partial charge in [0.2, 0.25) is 5.91 Å². The molecule has 1 amide bonds. The van der Waals surface area contributed by atoms with Crippen molar-refractivity contribution in [2.45, 2.75) is 463 Å². The summed E-state index contributed by atoms with van der Waals surface area (Å²) in [5, 5.41) is 23.2. The summed E-state index contributed by atoms with van der Waals surface area (Å²) >= 11 is 0. The summed E-state index contributed by atoms with van der Waals surface area (Å²) in [6.45, 7) is 4.96. The summed E-state index contributed by atoms with van der Waals surface area (Å²) in [5.74, 6) is -0.0338. The van der Waals surface area contributed by atoms with E-state index < -0.39 is 12.1 Å². The summed E-state index contributed by atoms with van der Waals surface area (Å²) in [7, 11) is 0. The van der Waals surface area contributed by atoms with Crippen LogP contribution in [0.4, 0.5) is 0 Å². The molecule has 0 aliphatic carbocycles. The minimum absolute atomic E-state index is 0.0259. The van der Waals surface area contributed by atoms with E-state index in [9.17, 15) is 19.8 Å². The lowest BCUT2D eigenvalue weighted by molar-refractivity contribution is -0.143. The molecule has 0 saturated heterocycles. The topological polar surface area (TPSA) is 95.9 Å². The predicted molar refractivity (Wildman–Crippen MR) is 370 cm³/mol. The summed E-state index contributed by atoms with van der Waals surface area (Å²) in [5.41, 5.74) is 0. The van der Waals surface area contributed by atoms with Crippen molar-refractivity contribution in [2.75, 3.05) is 13.2 Å². The highest BCUT2D eigenvalue weighted by Gasteiger charge is 2.18. The third kappa shape index (κ3) is 69.7. The van der Waals surface area contributed by atoms with Crippen LogP contribution in [0.25, 0.3) is 0 Å². The molecule has 0 aromatic heterocycles. The van der Waals surface area contributed by atoms with Crippen molar-refractivity contribution in [3.8, 4) is 0 Å². The van der Waals surface area contributed by atoms with Crippen molar-refractivity contribution in [2.24, 2.45) is 0 Å². The molecule has 84 heavy (non-hydrogen) atoms. The Morgan fingerprint density at radius 1 is 0.321 bits per heavy atom. The Kier molecular flexibility index (Phi) is 72.8. The second-order valence-corrected chi connectivity index (χ2v) is 27.1. The molecule has 0 heterocycles. The zero-order chi connectivity index (χ0) is 60.6. The van der Waals surface area contributed by atoms with Crippen LogP contribution in [0.3, 0.4) is 0 Å². The largest absolute Gasteiger partial charge is 0.466 e. The van der Waals surface area contributed by atoms with E-state index in [4.69, 9.17) is 4.74 Å². The first-order valence-corrected chi connectivity index (χ1v) is 39.0. The van der Waals surface area contributed by atoms with Gasteiger partial charge in [0.15, 0.2) is 0 Å². The molecule has 0 aliphatic rings. The third-order valence-electron chi connectivity index (χ3n) is 18.6. The molecular weight excluding hydrogens is 1030 g/mol. The number of carbonyl (C=O) groups excluding carboxylic acids is 2. The van der Waals surface area contributed by atoms with E-state index in [0.717, 1.165) is 38.5 Å². The van der Waals surface area contributed by atoms with Gasteiger partial charge in [0, 0.05) is 12.8 Å². The van der Waals surface area contributed by atoms with Crippen LogP contribution in [-0.4, -0.2) is 47.4 Å². The van der Waals surface area contributed by atoms with Gasteiger partial charge in [0.25, 0.3) is 0 Å². The van der Waals surface area contributed by atoms with Gasteiger partial charge in [0.05, 0.1) is 25.4 Å². The van der Waals surface area contributed by atoms with Crippen LogP contribution in [0, 0.1) is 0 Å². The number of nitrogens with one attached hydrogen (secondary N) is 1. The lowest BCUT2D eigenvalue weighted by Crippen LogP contribution is -2.45. The molecular formula is C78H153NO5. The van der Waals surface area contributed by atoms with Crippen LogP contribution in [0.5, 0.6) is 0 Å². The highest BCUT2D eigenvalue weighted by Crippen LogP contribution is 2.20. The van der Waals surface area contributed by atoms with Crippen molar-refractivity contribution < 1.29 is 24.5 Å². The minimum atomic E-state index is -0.842. The van der Waals surface area contributed by atoms with Crippen molar-refractivity contribution in [3.63, 3.8) is 0 Å². The van der Waals surface area contributed by atoms with Gasteiger partial charge in [-0.2, -0.15) is 0 Å². The number of aliphatic hydroxyl groups is 2. The zero-order valence-corrected chi connectivity index (χ0v) is 57.4. The van der Waals surface area contributed by atoms with Gasteiger partial charge in [-0.15, -0.1) is 0 Å². The molecule has 2 unspecified atom stereocenters. The van der Waals surface area contributed by atoms with E-state index in [1.807, 2.05) is 6.08 Å². The maximum Gasteiger partial charge on any atom is 0.305 e. The lowest BCUT2D eigenvalue weighted by atomic mass is 10.0. The monoisotopic (exact) mass is 1180 g/mol. The van der Waals surface area contributed by atoms with Crippen molar-refractivity contribution in [1.82, 2.24) is 5.32 Å². The summed E-state index contributed by atoms with van der Waals surface area (Å²) in [6.07, 6.45) is 93.3. The average Bonchev–Trinajstić information content (AvgIpc) is 3.51. The molecule has 0 aromatic rings. The zero-order valence-electron chi connectivity index (χ0n) is 57.4. The molecule has 0 aromatic carbocycles. The quantitative estimate of drug-likeness (QED) is 0.0320. The fourth-order valence-electron chi connectivity index (χ4n) is 12.6. The third-order valence-corrected chi connectivity index (χ3v) is 18.6. The van der Waals surface area contributed by atoms with Crippen molar-refractivity contribution >= 4 is 11.9 Å². The van der Waals surface area contributed by atoms with Crippen molar-refractivity contribution in [1.29, 1.82) is 0 Å². The van der Waals surface area contributed by atoms with Gasteiger partial charge >= 0.3 is 5.97 Å². The highest BCUT2D eigenvalue weighted by atomic mass is 16.5. The molecule has 0 aliphatic heterocycles. The number of allylic oxidation sites excluding steroid dienone is 1. The van der Waals surface area contributed by atoms with E-state index >= 15 is 0 Å². The summed E-state index contributed by atoms with van der Waals surface area (Å²) in [6, 6.07) is -0.625. The first kappa shape index (κ1) is 82.6. The molecule has 0 saturated carbocycles. The smallest absolute Gasteiger partial charge is 0.305 e. The number of hydrogen-bond donors (Lipinski definition) is 3. The molecule has 0 fully saturated rings.